The third-order valence-electron chi connectivity index (χ3n) is 1.15. The first-order valence-electron chi connectivity index (χ1n) is 2.92. The molecule has 0 amide bonds. The Hall–Kier alpha value is -1.92. The first kappa shape index (κ1) is 8.18. The van der Waals surface area contributed by atoms with Gasteiger partial charge in [-0.3, -0.25) is 0 Å². The molecular formula is C5H5N3O4. The van der Waals surface area contributed by atoms with Crippen molar-refractivity contribution < 1.29 is 14.6 Å². The zero-order valence-corrected chi connectivity index (χ0v) is 6.13. The number of carbonyl (C=O) groups excluding carboxylic acids is 1. The van der Waals surface area contributed by atoms with Gasteiger partial charge in [0.05, 0.1) is 7.11 Å². The number of nitrogens with zero attached hydrogens (tertiary/aromatic N) is 3. The molecular weight excluding hydrogens is 166 g/mol. The minimum Gasteiger partial charge on any atom is -0.464 e. The predicted octanol–water partition coefficient (Wildman–Crippen LogP) is -0.291. The van der Waals surface area contributed by atoms with E-state index in [9.17, 15) is 14.9 Å². The summed E-state index contributed by atoms with van der Waals surface area (Å²) in [7, 11) is 1.17. The number of carbonyl (C=O) groups is 1. The van der Waals surface area contributed by atoms with Crippen LogP contribution in [0.2, 0.25) is 0 Å². The number of aromatic nitrogens is 2. The van der Waals surface area contributed by atoms with Crippen LogP contribution in [0.5, 0.6) is 0 Å². The number of hydrogen-bond acceptors (Lipinski definition) is 5. The normalized spacial score (nSPS) is 9.42. The fourth-order valence-electron chi connectivity index (χ4n) is 0.613. The van der Waals surface area contributed by atoms with Crippen LogP contribution in [-0.2, 0) is 4.74 Å². The Kier molecular flexibility index (Phi) is 2.04. The van der Waals surface area contributed by atoms with E-state index in [4.69, 9.17) is 0 Å². The molecule has 0 fully saturated rings. The zero-order valence-electron chi connectivity index (χ0n) is 6.13. The lowest BCUT2D eigenvalue weighted by Gasteiger charge is -1.89. The van der Waals surface area contributed by atoms with Crippen molar-refractivity contribution in [3.8, 4) is 0 Å². The maximum atomic E-state index is 10.7. The van der Waals surface area contributed by atoms with Gasteiger partial charge in [0.1, 0.15) is 6.20 Å². The van der Waals surface area contributed by atoms with E-state index in [1.807, 2.05) is 0 Å². The summed E-state index contributed by atoms with van der Waals surface area (Å²) in [5.41, 5.74) is -0.0887. The fraction of sp³-hybridized carbons (Fsp3) is 0.200. The van der Waals surface area contributed by atoms with Gasteiger partial charge in [-0.15, -0.1) is 0 Å². The topological polar surface area (TPSA) is 87.3 Å². The smallest absolute Gasteiger partial charge is 0.358 e. The average molecular weight is 171 g/mol. The molecule has 0 aliphatic rings. The molecule has 0 aliphatic heterocycles. The van der Waals surface area contributed by atoms with Gasteiger partial charge in [0.15, 0.2) is 17.1 Å². The number of imidazole rings is 1. The Bertz CT molecular complexity index is 318. The van der Waals surface area contributed by atoms with Gasteiger partial charge < -0.3 is 4.74 Å². The van der Waals surface area contributed by atoms with Gasteiger partial charge in [0, 0.05) is 0 Å². The number of rotatable bonds is 2. The van der Waals surface area contributed by atoms with Gasteiger partial charge in [-0.2, -0.15) is 0 Å². The summed E-state index contributed by atoms with van der Waals surface area (Å²) >= 11 is 0. The molecule has 64 valence electrons. The summed E-state index contributed by atoms with van der Waals surface area (Å²) in [4.78, 5) is 24.3. The van der Waals surface area contributed by atoms with Crippen molar-refractivity contribution in [3.05, 3.63) is 28.3 Å². The minimum atomic E-state index is -0.709. The highest BCUT2D eigenvalue weighted by Gasteiger charge is 2.12. The molecule has 7 nitrogen and oxygen atoms in total. The number of esters is 1. The van der Waals surface area contributed by atoms with E-state index >= 15 is 0 Å². The second-order valence-corrected chi connectivity index (χ2v) is 1.87. The van der Waals surface area contributed by atoms with Gasteiger partial charge in [0.25, 0.3) is 0 Å². The maximum absolute atomic E-state index is 10.7. The highest BCUT2D eigenvalue weighted by molar-refractivity contribution is 5.86. The fourth-order valence-corrected chi connectivity index (χ4v) is 0.613. The molecule has 12 heavy (non-hydrogen) atoms. The summed E-state index contributed by atoms with van der Waals surface area (Å²) < 4.78 is 4.87. The molecule has 0 aromatic carbocycles. The second kappa shape index (κ2) is 2.99. The monoisotopic (exact) mass is 171 g/mol. The summed E-state index contributed by atoms with van der Waals surface area (Å²) in [6.07, 6.45) is 1.90. The van der Waals surface area contributed by atoms with E-state index in [-0.39, 0.29) is 5.69 Å². The van der Waals surface area contributed by atoms with Crippen molar-refractivity contribution in [1.82, 2.24) is 9.66 Å². The number of methoxy groups -OCH3 is 1. The van der Waals surface area contributed by atoms with Crippen molar-refractivity contribution in [3.63, 3.8) is 0 Å². The molecule has 1 heterocycles. The van der Waals surface area contributed by atoms with Gasteiger partial charge >= 0.3 is 5.97 Å². The quantitative estimate of drug-likeness (QED) is 0.346. The average Bonchev–Trinajstić information content (AvgIpc) is 2.51. The third kappa shape index (κ3) is 1.39. The van der Waals surface area contributed by atoms with Crippen LogP contribution in [0.3, 0.4) is 0 Å². The Morgan fingerprint density at radius 1 is 1.83 bits per heavy atom. The number of hydrogen-bond donors (Lipinski definition) is 0. The Labute approximate surface area is 66.7 Å². The van der Waals surface area contributed by atoms with Crippen LogP contribution in [-0.4, -0.2) is 27.8 Å². The van der Waals surface area contributed by atoms with Gasteiger partial charge in [-0.1, -0.05) is 4.68 Å². The zero-order chi connectivity index (χ0) is 9.14. The molecule has 1 rings (SSSR count). The molecule has 0 spiro atoms. The van der Waals surface area contributed by atoms with Gasteiger partial charge in [-0.05, 0) is 0 Å². The van der Waals surface area contributed by atoms with Crippen LogP contribution in [0.25, 0.3) is 0 Å². The first-order chi connectivity index (χ1) is 5.65. The molecule has 0 bridgehead atoms. The summed E-state index contributed by atoms with van der Waals surface area (Å²) in [6, 6.07) is 0. The Balaban J connectivity index is 2.91. The SMILES string of the molecule is COC(=O)c1cn([N+](=O)[O-])cn1. The van der Waals surface area contributed by atoms with Crippen LogP contribution in [0, 0.1) is 10.1 Å². The molecule has 0 saturated carbocycles. The Morgan fingerprint density at radius 2 is 2.50 bits per heavy atom. The number of ether oxygens (including phenoxy) is 1. The molecule has 0 atom stereocenters. The summed E-state index contributed by atoms with van der Waals surface area (Å²) in [5.74, 6) is -0.699. The molecule has 1 aromatic heterocycles. The molecule has 0 N–H and O–H groups in total. The van der Waals surface area contributed by atoms with E-state index in [0.717, 1.165) is 12.5 Å². The molecule has 7 heteroatoms. The molecule has 0 aliphatic carbocycles. The largest absolute Gasteiger partial charge is 0.464 e. The summed E-state index contributed by atoms with van der Waals surface area (Å²) in [5, 5.41) is 9.39. The third-order valence-corrected chi connectivity index (χ3v) is 1.15. The highest BCUT2D eigenvalue weighted by atomic mass is 16.7. The van der Waals surface area contributed by atoms with Crippen molar-refractivity contribution >= 4 is 5.97 Å². The van der Waals surface area contributed by atoms with Crippen molar-refractivity contribution in [2.75, 3.05) is 7.11 Å². The highest BCUT2D eigenvalue weighted by Crippen LogP contribution is 1.96. The lowest BCUT2D eigenvalue weighted by Crippen LogP contribution is -2.05. The molecule has 1 aromatic rings. The van der Waals surface area contributed by atoms with Crippen molar-refractivity contribution in [2.24, 2.45) is 0 Å². The molecule has 0 unspecified atom stereocenters. The standard InChI is InChI=1S/C5H5N3O4/c1-12-5(9)4-2-7(3-6-4)8(10)11/h2-3H,1H3. The van der Waals surface area contributed by atoms with Crippen LogP contribution < -0.4 is 0 Å². The molecule has 0 saturated heterocycles. The van der Waals surface area contributed by atoms with E-state index < -0.39 is 11.0 Å². The van der Waals surface area contributed by atoms with Crippen LogP contribution in [0.1, 0.15) is 10.5 Å². The maximum Gasteiger partial charge on any atom is 0.358 e. The lowest BCUT2D eigenvalue weighted by molar-refractivity contribution is -0.542. The van der Waals surface area contributed by atoms with Crippen LogP contribution in [0.4, 0.5) is 0 Å². The second-order valence-electron chi connectivity index (χ2n) is 1.87. The lowest BCUT2D eigenvalue weighted by atomic mass is 10.5. The van der Waals surface area contributed by atoms with Crippen LogP contribution >= 0.6 is 0 Å². The number of nitro groups is 1. The van der Waals surface area contributed by atoms with E-state index in [2.05, 4.69) is 9.72 Å². The van der Waals surface area contributed by atoms with E-state index in [1.54, 1.807) is 0 Å². The van der Waals surface area contributed by atoms with Crippen molar-refractivity contribution in [1.29, 1.82) is 0 Å². The van der Waals surface area contributed by atoms with Gasteiger partial charge in [0.2, 0.25) is 0 Å². The predicted molar refractivity (Wildman–Crippen MR) is 36.0 cm³/mol. The molecule has 0 radical (unpaired) electrons. The van der Waals surface area contributed by atoms with E-state index in [0.29, 0.717) is 4.68 Å². The van der Waals surface area contributed by atoms with E-state index in [1.165, 1.54) is 7.11 Å². The minimum absolute atomic E-state index is 0.0887. The first-order valence-corrected chi connectivity index (χ1v) is 2.92. The van der Waals surface area contributed by atoms with Gasteiger partial charge in [-0.25, -0.2) is 19.9 Å². The summed E-state index contributed by atoms with van der Waals surface area (Å²) in [6.45, 7) is 0. The Morgan fingerprint density at radius 3 is 2.92 bits per heavy atom. The van der Waals surface area contributed by atoms with Crippen LogP contribution in [0.15, 0.2) is 12.5 Å². The van der Waals surface area contributed by atoms with Crippen molar-refractivity contribution in [2.45, 2.75) is 0 Å².